The minimum absolute atomic E-state index is 0.0369. The number of nitrogens with one attached hydrogen (secondary N) is 1. The van der Waals surface area contributed by atoms with Crippen molar-refractivity contribution in [2.24, 2.45) is 11.8 Å². The van der Waals surface area contributed by atoms with E-state index in [1.807, 2.05) is 0 Å². The first kappa shape index (κ1) is 32.1. The zero-order valence-electron chi connectivity index (χ0n) is 24.1. The fraction of sp³-hybridized carbons (Fsp3) is 0.567. The topological polar surface area (TPSA) is 176 Å². The number of hydrogen-bond acceptors (Lipinski definition) is 11. The second-order valence-corrected chi connectivity index (χ2v) is 11.0. The van der Waals surface area contributed by atoms with E-state index in [0.717, 1.165) is 0 Å². The summed E-state index contributed by atoms with van der Waals surface area (Å²) in [6.07, 6.45) is -8.53. The fourth-order valence-electron chi connectivity index (χ4n) is 5.05. The van der Waals surface area contributed by atoms with Crippen molar-refractivity contribution in [3.8, 4) is 17.2 Å². The molecule has 9 atom stereocenters. The molecule has 2 aliphatic heterocycles. The van der Waals surface area contributed by atoms with Crippen LogP contribution < -0.4 is 14.8 Å². The molecule has 42 heavy (non-hydrogen) atoms. The summed E-state index contributed by atoms with van der Waals surface area (Å²) in [5, 5.41) is 54.5. The minimum Gasteiger partial charge on any atom is -0.493 e. The van der Waals surface area contributed by atoms with Crippen molar-refractivity contribution in [2.45, 2.75) is 76.2 Å². The summed E-state index contributed by atoms with van der Waals surface area (Å²) < 4.78 is 29.3. The first-order chi connectivity index (χ1) is 20.1. The lowest BCUT2D eigenvalue weighted by molar-refractivity contribution is -0.319. The van der Waals surface area contributed by atoms with Gasteiger partial charge in [-0.3, -0.25) is 4.79 Å². The van der Waals surface area contributed by atoms with E-state index in [9.17, 15) is 30.3 Å². The molecular weight excluding hydrogens is 550 g/mol. The number of hydrogen-bond donors (Lipinski definition) is 6. The van der Waals surface area contributed by atoms with Crippen LogP contribution in [0.15, 0.2) is 42.5 Å². The molecule has 2 aromatic carbocycles. The predicted molar refractivity (Wildman–Crippen MR) is 150 cm³/mol. The second-order valence-electron chi connectivity index (χ2n) is 11.0. The number of ether oxygens (including phenoxy) is 5. The van der Waals surface area contributed by atoms with Gasteiger partial charge in [0.2, 0.25) is 5.91 Å². The third-order valence-corrected chi connectivity index (χ3v) is 7.64. The van der Waals surface area contributed by atoms with Crippen molar-refractivity contribution in [1.82, 2.24) is 0 Å². The largest absolute Gasteiger partial charge is 0.493 e. The van der Waals surface area contributed by atoms with Crippen LogP contribution in [0.5, 0.6) is 17.2 Å². The van der Waals surface area contributed by atoms with E-state index in [4.69, 9.17) is 23.7 Å². The molecule has 0 aromatic heterocycles. The maximum atomic E-state index is 12.0. The van der Waals surface area contributed by atoms with Crippen molar-refractivity contribution in [1.29, 1.82) is 0 Å². The van der Waals surface area contributed by atoms with E-state index in [2.05, 4.69) is 5.32 Å². The van der Waals surface area contributed by atoms with E-state index in [-0.39, 0.29) is 31.5 Å². The van der Waals surface area contributed by atoms with Gasteiger partial charge in [0.05, 0.1) is 44.7 Å². The van der Waals surface area contributed by atoms with Crippen molar-refractivity contribution in [3.05, 3.63) is 48.0 Å². The number of amides is 1. The van der Waals surface area contributed by atoms with Gasteiger partial charge in [-0.25, -0.2) is 0 Å². The smallest absolute Gasteiger partial charge is 0.226 e. The number of benzene rings is 2. The molecule has 2 heterocycles. The highest BCUT2D eigenvalue weighted by atomic mass is 16.7. The van der Waals surface area contributed by atoms with E-state index in [0.29, 0.717) is 28.5 Å². The van der Waals surface area contributed by atoms with Gasteiger partial charge in [0.1, 0.15) is 24.1 Å². The lowest BCUT2D eigenvalue weighted by Gasteiger charge is -2.46. The Labute approximate surface area is 244 Å². The molecule has 0 radical (unpaired) electrons. The van der Waals surface area contributed by atoms with Crippen LogP contribution in [0, 0.1) is 11.8 Å². The third kappa shape index (κ3) is 7.21. The second kappa shape index (κ2) is 14.1. The Kier molecular flexibility index (Phi) is 10.8. The number of carbonyl (C=O) groups is 1. The standard InChI is InChI=1S/C30H41NO11/c1-15(2)29(37)31-18-6-8-19(9-7-18)39-23-11-17(5-10-22(23)38-4)28-26(36)27(16(3)24(14-33)41-28)42-30-25(35)21(34)12-20(13-32)40-30/h5-11,15-16,20-21,24-28,30,32-36H,12-14H2,1-4H3,(H,31,37). The number of rotatable bonds is 10. The molecule has 9 unspecified atom stereocenters. The fourth-order valence-corrected chi connectivity index (χ4v) is 5.05. The summed E-state index contributed by atoms with van der Waals surface area (Å²) >= 11 is 0. The van der Waals surface area contributed by atoms with Gasteiger partial charge in [-0.05, 0) is 42.0 Å². The van der Waals surface area contributed by atoms with E-state index in [1.165, 1.54) is 7.11 Å². The molecule has 12 heteroatoms. The number of carbonyl (C=O) groups excluding carboxylic acids is 1. The Bertz CT molecular complexity index is 1180. The molecule has 2 saturated heterocycles. The first-order valence-corrected chi connectivity index (χ1v) is 14.0. The molecule has 12 nitrogen and oxygen atoms in total. The number of aliphatic hydroxyl groups excluding tert-OH is 5. The van der Waals surface area contributed by atoms with Crippen molar-refractivity contribution >= 4 is 11.6 Å². The van der Waals surface area contributed by atoms with Crippen LogP contribution in [-0.2, 0) is 19.0 Å². The zero-order valence-corrected chi connectivity index (χ0v) is 24.1. The molecule has 0 spiro atoms. The highest BCUT2D eigenvalue weighted by Gasteiger charge is 2.48. The SMILES string of the molecule is COc1ccc(C2OC(CO)C(C)C(OC3OC(CO)CC(O)C3O)C2O)cc1Oc1ccc(NC(=O)C(C)C)cc1. The Balaban J connectivity index is 1.56. The van der Waals surface area contributed by atoms with E-state index >= 15 is 0 Å². The Hall–Kier alpha value is -2.81. The zero-order chi connectivity index (χ0) is 30.6. The van der Waals surface area contributed by atoms with Crippen LogP contribution in [0.1, 0.15) is 38.9 Å². The highest BCUT2D eigenvalue weighted by molar-refractivity contribution is 5.92. The van der Waals surface area contributed by atoms with Crippen LogP contribution in [0.4, 0.5) is 5.69 Å². The van der Waals surface area contributed by atoms with Gasteiger partial charge in [0.25, 0.3) is 0 Å². The summed E-state index contributed by atoms with van der Waals surface area (Å²) in [5.74, 6) is 0.447. The van der Waals surface area contributed by atoms with Crippen LogP contribution in [-0.4, -0.2) is 94.7 Å². The molecule has 232 valence electrons. The summed E-state index contributed by atoms with van der Waals surface area (Å²) in [4.78, 5) is 12.0. The third-order valence-electron chi connectivity index (χ3n) is 7.64. The molecule has 6 N–H and O–H groups in total. The van der Waals surface area contributed by atoms with Crippen LogP contribution >= 0.6 is 0 Å². The lowest BCUT2D eigenvalue weighted by Crippen LogP contribution is -2.57. The summed E-state index contributed by atoms with van der Waals surface area (Å²) in [7, 11) is 1.50. The van der Waals surface area contributed by atoms with Gasteiger partial charge in [0, 0.05) is 23.9 Å². The van der Waals surface area contributed by atoms with Crippen molar-refractivity contribution in [3.63, 3.8) is 0 Å². The molecule has 2 fully saturated rings. The summed E-state index contributed by atoms with van der Waals surface area (Å²) in [6.45, 7) is 4.61. The van der Waals surface area contributed by atoms with Gasteiger partial charge >= 0.3 is 0 Å². The number of aliphatic hydroxyl groups is 5. The highest BCUT2D eigenvalue weighted by Crippen LogP contribution is 2.41. The van der Waals surface area contributed by atoms with Gasteiger partial charge in [-0.1, -0.05) is 26.8 Å². The monoisotopic (exact) mass is 591 g/mol. The molecule has 1 amide bonds. The van der Waals surface area contributed by atoms with Crippen molar-refractivity contribution in [2.75, 3.05) is 25.6 Å². The Morgan fingerprint density at radius 2 is 1.71 bits per heavy atom. The maximum Gasteiger partial charge on any atom is 0.226 e. The Morgan fingerprint density at radius 3 is 2.33 bits per heavy atom. The lowest BCUT2D eigenvalue weighted by atomic mass is 9.85. The molecule has 0 aliphatic carbocycles. The van der Waals surface area contributed by atoms with E-state index in [1.54, 1.807) is 63.2 Å². The average molecular weight is 592 g/mol. The number of anilines is 1. The van der Waals surface area contributed by atoms with Gasteiger partial charge in [0.15, 0.2) is 17.8 Å². The average Bonchev–Trinajstić information content (AvgIpc) is 2.98. The van der Waals surface area contributed by atoms with Crippen LogP contribution in [0.2, 0.25) is 0 Å². The number of methoxy groups -OCH3 is 1. The normalized spacial score (nSPS) is 31.5. The predicted octanol–water partition coefficient (Wildman–Crippen LogP) is 1.73. The molecule has 0 saturated carbocycles. The molecular formula is C30H41NO11. The molecule has 0 bridgehead atoms. The minimum atomic E-state index is -1.40. The molecule has 2 aliphatic rings. The maximum absolute atomic E-state index is 12.0. The van der Waals surface area contributed by atoms with Gasteiger partial charge in [-0.2, -0.15) is 0 Å². The van der Waals surface area contributed by atoms with Crippen LogP contribution in [0.25, 0.3) is 0 Å². The van der Waals surface area contributed by atoms with Crippen molar-refractivity contribution < 1.29 is 54.0 Å². The Morgan fingerprint density at radius 1 is 1.00 bits per heavy atom. The summed E-state index contributed by atoms with van der Waals surface area (Å²) in [6, 6.07) is 11.8. The summed E-state index contributed by atoms with van der Waals surface area (Å²) in [5.41, 5.74) is 1.14. The molecule has 4 rings (SSSR count). The quantitative estimate of drug-likeness (QED) is 0.237. The van der Waals surface area contributed by atoms with Crippen LogP contribution in [0.3, 0.4) is 0 Å². The van der Waals surface area contributed by atoms with Gasteiger partial charge < -0.3 is 54.5 Å². The van der Waals surface area contributed by atoms with Gasteiger partial charge in [-0.15, -0.1) is 0 Å². The molecule has 2 aromatic rings. The van der Waals surface area contributed by atoms with E-state index < -0.39 is 54.9 Å². The first-order valence-electron chi connectivity index (χ1n) is 14.0.